The average molecular weight is 310 g/mol. The van der Waals surface area contributed by atoms with E-state index in [-0.39, 0.29) is 5.03 Å². The number of hydrogen-bond acceptors (Lipinski definition) is 5. The van der Waals surface area contributed by atoms with Gasteiger partial charge in [0.1, 0.15) is 0 Å². The first-order valence-electron chi connectivity index (χ1n) is 5.42. The molecule has 0 unspecified atom stereocenters. The Labute approximate surface area is 111 Å². The van der Waals surface area contributed by atoms with Crippen LogP contribution in [0.4, 0.5) is 0 Å². The van der Waals surface area contributed by atoms with Crippen molar-refractivity contribution < 1.29 is 16.8 Å². The molecule has 18 heavy (non-hydrogen) atoms. The summed E-state index contributed by atoms with van der Waals surface area (Å²) >= 11 is 0. The Hall–Kier alpha value is -0.660. The first-order valence-corrected chi connectivity index (χ1v) is 9.55. The predicted molar refractivity (Wildman–Crippen MR) is 68.0 cm³/mol. The topological polar surface area (TPSA) is 81.2 Å². The van der Waals surface area contributed by atoms with Crippen molar-refractivity contribution in [2.45, 2.75) is 24.3 Å². The SMILES string of the molecule is O=S(=O)(Cl)CCS(=O)(=O)c1ccc2c(n1)CCC2. The van der Waals surface area contributed by atoms with Gasteiger partial charge in [-0.1, -0.05) is 6.07 Å². The van der Waals surface area contributed by atoms with E-state index in [1.807, 2.05) is 0 Å². The fraction of sp³-hybridized carbons (Fsp3) is 0.500. The van der Waals surface area contributed by atoms with Crippen LogP contribution in [0.15, 0.2) is 17.2 Å². The Morgan fingerprint density at radius 1 is 1.11 bits per heavy atom. The lowest BCUT2D eigenvalue weighted by Gasteiger charge is -2.04. The molecule has 1 aliphatic rings. The van der Waals surface area contributed by atoms with Crippen LogP contribution >= 0.6 is 10.7 Å². The number of sulfone groups is 1. The van der Waals surface area contributed by atoms with Crippen molar-refractivity contribution in [1.29, 1.82) is 0 Å². The maximum atomic E-state index is 11.9. The molecule has 1 heterocycles. The van der Waals surface area contributed by atoms with E-state index in [9.17, 15) is 16.8 Å². The minimum atomic E-state index is -3.81. The molecule has 0 saturated heterocycles. The van der Waals surface area contributed by atoms with Crippen LogP contribution in [0.5, 0.6) is 0 Å². The number of halogens is 1. The Bertz CT molecular complexity index is 667. The molecule has 1 aliphatic carbocycles. The van der Waals surface area contributed by atoms with Gasteiger partial charge in [-0.2, -0.15) is 0 Å². The van der Waals surface area contributed by atoms with Crippen LogP contribution in [0, 0.1) is 0 Å². The summed E-state index contributed by atoms with van der Waals surface area (Å²) in [5.74, 6) is -1.14. The summed E-state index contributed by atoms with van der Waals surface area (Å²) in [4.78, 5) is 4.10. The molecule has 1 aromatic rings. The van der Waals surface area contributed by atoms with Gasteiger partial charge < -0.3 is 0 Å². The van der Waals surface area contributed by atoms with Crippen LogP contribution in [0.1, 0.15) is 17.7 Å². The van der Waals surface area contributed by atoms with Crippen LogP contribution in [0.25, 0.3) is 0 Å². The third-order valence-electron chi connectivity index (χ3n) is 2.82. The third kappa shape index (κ3) is 3.21. The molecule has 0 aromatic carbocycles. The normalized spacial score (nSPS) is 15.6. The molecule has 8 heteroatoms. The van der Waals surface area contributed by atoms with Crippen molar-refractivity contribution in [3.8, 4) is 0 Å². The first kappa shape index (κ1) is 13.8. The molecule has 0 saturated carbocycles. The van der Waals surface area contributed by atoms with E-state index < -0.39 is 30.4 Å². The average Bonchev–Trinajstić information content (AvgIpc) is 2.72. The fourth-order valence-corrected chi connectivity index (χ4v) is 4.86. The van der Waals surface area contributed by atoms with E-state index in [4.69, 9.17) is 10.7 Å². The standard InChI is InChI=1S/C10H12ClNO4S2/c11-18(15,16)7-6-17(13,14)10-5-4-8-2-1-3-9(8)12-10/h4-5H,1-3,6-7H2. The summed E-state index contributed by atoms with van der Waals surface area (Å²) in [6, 6.07) is 3.18. The number of aromatic nitrogens is 1. The zero-order chi connectivity index (χ0) is 13.4. The highest BCUT2D eigenvalue weighted by Gasteiger charge is 2.22. The third-order valence-corrected chi connectivity index (χ3v) is 5.84. The lowest BCUT2D eigenvalue weighted by Crippen LogP contribution is -2.15. The zero-order valence-electron chi connectivity index (χ0n) is 9.46. The van der Waals surface area contributed by atoms with Crippen LogP contribution < -0.4 is 0 Å². The van der Waals surface area contributed by atoms with E-state index in [0.717, 1.165) is 30.5 Å². The van der Waals surface area contributed by atoms with Gasteiger partial charge in [-0.05, 0) is 30.9 Å². The molecular weight excluding hydrogens is 298 g/mol. The summed E-state index contributed by atoms with van der Waals surface area (Å²) in [7, 11) is -2.49. The molecule has 0 radical (unpaired) electrons. The molecule has 0 atom stereocenters. The van der Waals surface area contributed by atoms with Crippen LogP contribution in [-0.2, 0) is 31.7 Å². The van der Waals surface area contributed by atoms with Crippen molar-refractivity contribution in [2.24, 2.45) is 0 Å². The van der Waals surface area contributed by atoms with Crippen LogP contribution in [0.3, 0.4) is 0 Å². The molecule has 5 nitrogen and oxygen atoms in total. The molecule has 0 aliphatic heterocycles. The maximum absolute atomic E-state index is 11.9. The van der Waals surface area contributed by atoms with Crippen LogP contribution in [0.2, 0.25) is 0 Å². The first-order chi connectivity index (χ1) is 8.28. The highest BCUT2D eigenvalue weighted by molar-refractivity contribution is 8.14. The number of hydrogen-bond donors (Lipinski definition) is 0. The molecular formula is C10H12ClNO4S2. The summed E-state index contributed by atoms with van der Waals surface area (Å²) < 4.78 is 45.3. The summed E-state index contributed by atoms with van der Waals surface area (Å²) in [6.07, 6.45) is 2.66. The van der Waals surface area contributed by atoms with Gasteiger partial charge in [0.25, 0.3) is 0 Å². The van der Waals surface area contributed by atoms with Crippen molar-refractivity contribution in [3.63, 3.8) is 0 Å². The highest BCUT2D eigenvalue weighted by Crippen LogP contribution is 2.22. The maximum Gasteiger partial charge on any atom is 0.233 e. The van der Waals surface area contributed by atoms with E-state index in [1.165, 1.54) is 6.07 Å². The quantitative estimate of drug-likeness (QED) is 0.772. The summed E-state index contributed by atoms with van der Waals surface area (Å²) in [5, 5.41) is -0.0662. The van der Waals surface area contributed by atoms with Gasteiger partial charge in [0.2, 0.25) is 9.05 Å². The number of fused-ring (bicyclic) bond motifs is 1. The van der Waals surface area contributed by atoms with Crippen molar-refractivity contribution in [1.82, 2.24) is 4.98 Å². The Morgan fingerprint density at radius 2 is 1.83 bits per heavy atom. The molecule has 0 fully saturated rings. The Balaban J connectivity index is 2.25. The number of aryl methyl sites for hydroxylation is 2. The van der Waals surface area contributed by atoms with Crippen LogP contribution in [-0.4, -0.2) is 33.3 Å². The zero-order valence-corrected chi connectivity index (χ0v) is 11.9. The summed E-state index contributed by atoms with van der Waals surface area (Å²) in [5.41, 5.74) is 1.86. The second kappa shape index (κ2) is 4.79. The number of nitrogens with zero attached hydrogens (tertiary/aromatic N) is 1. The molecule has 2 rings (SSSR count). The number of pyridine rings is 1. The lowest BCUT2D eigenvalue weighted by molar-refractivity contribution is 0.589. The highest BCUT2D eigenvalue weighted by atomic mass is 35.7. The minimum absolute atomic E-state index is 0.0662. The van der Waals surface area contributed by atoms with E-state index in [2.05, 4.69) is 4.98 Å². The van der Waals surface area contributed by atoms with Gasteiger partial charge in [0.05, 0.1) is 11.5 Å². The second-order valence-electron chi connectivity index (χ2n) is 4.17. The van der Waals surface area contributed by atoms with Gasteiger partial charge in [-0.3, -0.25) is 0 Å². The minimum Gasteiger partial charge on any atom is -0.241 e. The van der Waals surface area contributed by atoms with Gasteiger partial charge in [-0.25, -0.2) is 21.8 Å². The number of rotatable bonds is 4. The Kier molecular flexibility index (Phi) is 3.66. The van der Waals surface area contributed by atoms with Crippen molar-refractivity contribution in [2.75, 3.05) is 11.5 Å². The fourth-order valence-electron chi connectivity index (χ4n) is 1.89. The van der Waals surface area contributed by atoms with Crippen molar-refractivity contribution in [3.05, 3.63) is 23.4 Å². The summed E-state index contributed by atoms with van der Waals surface area (Å²) in [6.45, 7) is 0. The van der Waals surface area contributed by atoms with Gasteiger partial charge in [-0.15, -0.1) is 0 Å². The van der Waals surface area contributed by atoms with Gasteiger partial charge in [0.15, 0.2) is 14.9 Å². The van der Waals surface area contributed by atoms with E-state index >= 15 is 0 Å². The van der Waals surface area contributed by atoms with Gasteiger partial charge in [0, 0.05) is 16.4 Å². The second-order valence-corrected chi connectivity index (χ2v) is 9.12. The largest absolute Gasteiger partial charge is 0.241 e. The smallest absolute Gasteiger partial charge is 0.233 e. The molecule has 0 bridgehead atoms. The van der Waals surface area contributed by atoms with Gasteiger partial charge >= 0.3 is 0 Å². The molecule has 0 N–H and O–H groups in total. The van der Waals surface area contributed by atoms with E-state index in [1.54, 1.807) is 6.07 Å². The molecule has 100 valence electrons. The monoisotopic (exact) mass is 309 g/mol. The van der Waals surface area contributed by atoms with Crippen molar-refractivity contribution >= 4 is 29.6 Å². The van der Waals surface area contributed by atoms with E-state index in [0.29, 0.717) is 0 Å². The molecule has 0 amide bonds. The lowest BCUT2D eigenvalue weighted by atomic mass is 10.2. The molecule has 0 spiro atoms. The predicted octanol–water partition coefficient (Wildman–Crippen LogP) is 0.913. The molecule has 1 aromatic heterocycles. The Morgan fingerprint density at radius 3 is 2.50 bits per heavy atom.